The van der Waals surface area contributed by atoms with E-state index in [1.165, 1.54) is 13.8 Å². The van der Waals surface area contributed by atoms with Crippen molar-refractivity contribution in [1.82, 2.24) is 0 Å². The van der Waals surface area contributed by atoms with Gasteiger partial charge in [-0.15, -0.1) is 0 Å². The third-order valence-electron chi connectivity index (χ3n) is 2.81. The standard InChI is InChI=1S/2C6H10O3/c2*1-4(7)9-6-2-5(8)3-6/h2*5-6,8H,2-3H2,1H3. The average Bonchev–Trinajstić information content (AvgIpc) is 2.12. The van der Waals surface area contributed by atoms with E-state index in [1.54, 1.807) is 0 Å². The van der Waals surface area contributed by atoms with Gasteiger partial charge in [0.2, 0.25) is 0 Å². The van der Waals surface area contributed by atoms with Gasteiger partial charge in [-0.3, -0.25) is 9.59 Å². The molecule has 2 rings (SSSR count). The van der Waals surface area contributed by atoms with Crippen molar-refractivity contribution in [2.24, 2.45) is 0 Å². The minimum absolute atomic E-state index is 0.0162. The zero-order valence-electron chi connectivity index (χ0n) is 10.7. The number of hydrogen-bond acceptors (Lipinski definition) is 6. The topological polar surface area (TPSA) is 93.1 Å². The smallest absolute Gasteiger partial charge is 0.302 e. The fraction of sp³-hybridized carbons (Fsp3) is 0.833. The third kappa shape index (κ3) is 5.46. The lowest BCUT2D eigenvalue weighted by molar-refractivity contribution is -0.157. The van der Waals surface area contributed by atoms with Crippen LogP contribution in [0.15, 0.2) is 0 Å². The van der Waals surface area contributed by atoms with E-state index in [0.717, 1.165) is 0 Å². The molecule has 2 aliphatic rings. The fourth-order valence-electron chi connectivity index (χ4n) is 1.74. The van der Waals surface area contributed by atoms with Crippen LogP contribution in [0.2, 0.25) is 0 Å². The summed E-state index contributed by atoms with van der Waals surface area (Å²) in [6, 6.07) is 0. The molecule has 2 saturated carbocycles. The van der Waals surface area contributed by atoms with Crippen molar-refractivity contribution in [3.8, 4) is 0 Å². The molecule has 104 valence electrons. The van der Waals surface area contributed by atoms with Crippen LogP contribution in [0.1, 0.15) is 39.5 Å². The van der Waals surface area contributed by atoms with Gasteiger partial charge in [0.25, 0.3) is 0 Å². The molecule has 0 aromatic heterocycles. The molecule has 6 heteroatoms. The first-order valence-corrected chi connectivity index (χ1v) is 6.07. The second-order valence-electron chi connectivity index (χ2n) is 4.71. The Morgan fingerprint density at radius 3 is 1.28 bits per heavy atom. The molecule has 0 heterocycles. The first kappa shape index (κ1) is 14.9. The van der Waals surface area contributed by atoms with Gasteiger partial charge in [0, 0.05) is 39.5 Å². The molecule has 0 atom stereocenters. The Morgan fingerprint density at radius 1 is 0.833 bits per heavy atom. The molecule has 0 aliphatic heterocycles. The van der Waals surface area contributed by atoms with Crippen molar-refractivity contribution in [2.45, 2.75) is 63.9 Å². The molecule has 0 saturated heterocycles. The number of esters is 2. The highest BCUT2D eigenvalue weighted by Crippen LogP contribution is 2.23. The minimum Gasteiger partial charge on any atom is -0.462 e. The van der Waals surface area contributed by atoms with Crippen molar-refractivity contribution < 1.29 is 29.3 Å². The second-order valence-corrected chi connectivity index (χ2v) is 4.71. The number of rotatable bonds is 2. The monoisotopic (exact) mass is 260 g/mol. The van der Waals surface area contributed by atoms with Gasteiger partial charge in [-0.05, 0) is 0 Å². The van der Waals surface area contributed by atoms with Gasteiger partial charge < -0.3 is 19.7 Å². The van der Waals surface area contributed by atoms with Crippen molar-refractivity contribution >= 4 is 11.9 Å². The molecule has 2 fully saturated rings. The van der Waals surface area contributed by atoms with Gasteiger partial charge in [-0.1, -0.05) is 0 Å². The summed E-state index contributed by atoms with van der Waals surface area (Å²) < 4.78 is 9.52. The van der Waals surface area contributed by atoms with Gasteiger partial charge in [-0.25, -0.2) is 0 Å². The van der Waals surface area contributed by atoms with Crippen LogP contribution < -0.4 is 0 Å². The van der Waals surface area contributed by atoms with E-state index in [-0.39, 0.29) is 36.4 Å². The fourth-order valence-corrected chi connectivity index (χ4v) is 1.74. The van der Waals surface area contributed by atoms with Crippen LogP contribution in [0.3, 0.4) is 0 Å². The summed E-state index contributed by atoms with van der Waals surface area (Å²) in [4.78, 5) is 20.5. The Labute approximate surface area is 106 Å². The van der Waals surface area contributed by atoms with Gasteiger partial charge >= 0.3 is 11.9 Å². The number of ether oxygens (including phenoxy) is 2. The Balaban J connectivity index is 0.000000180. The Hall–Kier alpha value is -1.14. The predicted molar refractivity (Wildman–Crippen MR) is 61.6 cm³/mol. The zero-order chi connectivity index (χ0) is 13.7. The Morgan fingerprint density at radius 2 is 1.11 bits per heavy atom. The maximum atomic E-state index is 10.2. The van der Waals surface area contributed by atoms with Crippen LogP contribution in [-0.4, -0.2) is 46.6 Å². The van der Waals surface area contributed by atoms with E-state index < -0.39 is 0 Å². The summed E-state index contributed by atoms with van der Waals surface area (Å²) in [5, 5.41) is 17.5. The molecule has 0 bridgehead atoms. The van der Waals surface area contributed by atoms with Crippen LogP contribution in [0, 0.1) is 0 Å². The molecule has 0 radical (unpaired) electrons. The molecule has 6 nitrogen and oxygen atoms in total. The van der Waals surface area contributed by atoms with Crippen LogP contribution in [-0.2, 0) is 19.1 Å². The molecule has 18 heavy (non-hydrogen) atoms. The van der Waals surface area contributed by atoms with Gasteiger partial charge in [0.05, 0.1) is 12.2 Å². The molecular weight excluding hydrogens is 240 g/mol. The highest BCUT2D eigenvalue weighted by Gasteiger charge is 2.29. The van der Waals surface area contributed by atoms with E-state index >= 15 is 0 Å². The third-order valence-corrected chi connectivity index (χ3v) is 2.81. The quantitative estimate of drug-likeness (QED) is 0.686. The first-order chi connectivity index (χ1) is 8.36. The van der Waals surface area contributed by atoms with Gasteiger partial charge in [0.15, 0.2) is 0 Å². The molecule has 0 aromatic carbocycles. The van der Waals surface area contributed by atoms with Gasteiger partial charge in [0.1, 0.15) is 12.2 Å². The number of aliphatic hydroxyl groups is 2. The van der Waals surface area contributed by atoms with E-state index in [2.05, 4.69) is 0 Å². The molecule has 0 unspecified atom stereocenters. The molecular formula is C12H20O6. The number of aliphatic hydroxyl groups excluding tert-OH is 2. The summed E-state index contributed by atoms with van der Waals surface area (Å²) in [6.45, 7) is 2.76. The van der Waals surface area contributed by atoms with Crippen molar-refractivity contribution in [3.05, 3.63) is 0 Å². The van der Waals surface area contributed by atoms with E-state index in [4.69, 9.17) is 19.7 Å². The summed E-state index contributed by atoms with van der Waals surface area (Å²) in [5.74, 6) is -0.515. The second kappa shape index (κ2) is 6.70. The molecule has 0 amide bonds. The minimum atomic E-state index is -0.257. The maximum absolute atomic E-state index is 10.2. The highest BCUT2D eigenvalue weighted by atomic mass is 16.5. The largest absolute Gasteiger partial charge is 0.462 e. The van der Waals surface area contributed by atoms with Crippen molar-refractivity contribution in [1.29, 1.82) is 0 Å². The number of hydrogen-bond donors (Lipinski definition) is 2. The molecule has 0 spiro atoms. The number of carbonyl (C=O) groups is 2. The number of carbonyl (C=O) groups excluding carboxylic acids is 2. The highest BCUT2D eigenvalue weighted by molar-refractivity contribution is 5.66. The summed E-state index contributed by atoms with van der Waals surface area (Å²) in [5.41, 5.74) is 0. The Kier molecular flexibility index (Phi) is 5.55. The van der Waals surface area contributed by atoms with Gasteiger partial charge in [-0.2, -0.15) is 0 Å². The molecule has 0 aromatic rings. The molecule has 2 aliphatic carbocycles. The lowest BCUT2D eigenvalue weighted by Gasteiger charge is -2.30. The van der Waals surface area contributed by atoms with Crippen LogP contribution in [0.4, 0.5) is 0 Å². The van der Waals surface area contributed by atoms with Crippen molar-refractivity contribution in [3.63, 3.8) is 0 Å². The first-order valence-electron chi connectivity index (χ1n) is 6.07. The lowest BCUT2D eigenvalue weighted by Crippen LogP contribution is -2.36. The van der Waals surface area contributed by atoms with Crippen molar-refractivity contribution in [2.75, 3.05) is 0 Å². The lowest BCUT2D eigenvalue weighted by atomic mass is 9.92. The van der Waals surface area contributed by atoms with E-state index in [9.17, 15) is 9.59 Å². The summed E-state index contributed by atoms with van der Waals surface area (Å²) in [7, 11) is 0. The van der Waals surface area contributed by atoms with E-state index in [1.807, 2.05) is 0 Å². The van der Waals surface area contributed by atoms with E-state index in [0.29, 0.717) is 25.7 Å². The SMILES string of the molecule is CC(=O)OC1CC(O)C1.CC(=O)OC1CC(O)C1. The van der Waals surface area contributed by atoms with Crippen LogP contribution in [0.5, 0.6) is 0 Å². The predicted octanol–water partition coefficient (Wildman–Crippen LogP) is 0.146. The maximum Gasteiger partial charge on any atom is 0.302 e. The summed E-state index contributed by atoms with van der Waals surface area (Å²) >= 11 is 0. The normalized spacial score (nSPS) is 33.1. The Bertz CT molecular complexity index is 261. The van der Waals surface area contributed by atoms with Crippen LogP contribution in [0.25, 0.3) is 0 Å². The average molecular weight is 260 g/mol. The zero-order valence-corrected chi connectivity index (χ0v) is 10.7. The molecule has 2 N–H and O–H groups in total. The summed E-state index contributed by atoms with van der Waals surface area (Å²) in [6.07, 6.45) is 1.93. The van der Waals surface area contributed by atoms with Crippen LogP contribution >= 0.6 is 0 Å².